The second-order valence-electron chi connectivity index (χ2n) is 4.89. The van der Waals surface area contributed by atoms with E-state index in [0.717, 1.165) is 20.5 Å². The van der Waals surface area contributed by atoms with E-state index in [4.69, 9.17) is 16.3 Å². The van der Waals surface area contributed by atoms with Gasteiger partial charge in [-0.15, -0.1) is 11.3 Å². The first kappa shape index (κ1) is 15.6. The summed E-state index contributed by atoms with van der Waals surface area (Å²) in [5.41, 5.74) is 1.82. The van der Waals surface area contributed by atoms with Gasteiger partial charge in [-0.2, -0.15) is 0 Å². The van der Waals surface area contributed by atoms with E-state index in [1.54, 1.807) is 19.2 Å². The van der Waals surface area contributed by atoms with Crippen LogP contribution >= 0.6 is 22.9 Å². The number of rotatable bonds is 3. The number of carbonyl (C=O) groups is 1. The van der Waals surface area contributed by atoms with Gasteiger partial charge in [-0.3, -0.25) is 4.90 Å². The first-order chi connectivity index (χ1) is 11.1. The van der Waals surface area contributed by atoms with Crippen molar-refractivity contribution in [2.75, 3.05) is 11.9 Å². The van der Waals surface area contributed by atoms with Gasteiger partial charge in [-0.25, -0.2) is 4.79 Å². The number of hydrogen-bond acceptors (Lipinski definition) is 3. The fraction of sp³-hybridized carbons (Fsp3) is 0.0556. The Morgan fingerprint density at radius 3 is 2.30 bits per heavy atom. The normalized spacial score (nSPS) is 10.3. The zero-order valence-corrected chi connectivity index (χ0v) is 14.0. The van der Waals surface area contributed by atoms with Crippen LogP contribution in [0, 0.1) is 0 Å². The van der Waals surface area contributed by atoms with Crippen molar-refractivity contribution in [1.82, 2.24) is 0 Å². The maximum absolute atomic E-state index is 12.2. The molecule has 0 atom stereocenters. The average molecular weight is 344 g/mol. The lowest BCUT2D eigenvalue weighted by Gasteiger charge is -2.16. The molecule has 0 saturated heterocycles. The summed E-state index contributed by atoms with van der Waals surface area (Å²) in [7, 11) is 1.68. The van der Waals surface area contributed by atoms with E-state index in [1.165, 1.54) is 16.2 Å². The van der Waals surface area contributed by atoms with Crippen molar-refractivity contribution in [2.24, 2.45) is 0 Å². The summed E-state index contributed by atoms with van der Waals surface area (Å²) >= 11 is 7.46. The van der Waals surface area contributed by atoms with Crippen LogP contribution in [0.4, 0.5) is 10.5 Å². The van der Waals surface area contributed by atoms with Crippen LogP contribution in [-0.4, -0.2) is 13.1 Å². The minimum absolute atomic E-state index is 0.428. The molecule has 2 aromatic carbocycles. The lowest BCUT2D eigenvalue weighted by Crippen LogP contribution is -2.29. The van der Waals surface area contributed by atoms with Crippen molar-refractivity contribution in [3.63, 3.8) is 0 Å². The maximum Gasteiger partial charge on any atom is 0.419 e. The topological polar surface area (TPSA) is 29.5 Å². The highest BCUT2D eigenvalue weighted by molar-refractivity contribution is 7.19. The summed E-state index contributed by atoms with van der Waals surface area (Å²) in [6, 6.07) is 20.6. The Kier molecular flexibility index (Phi) is 4.65. The lowest BCUT2D eigenvalue weighted by atomic mass is 10.2. The van der Waals surface area contributed by atoms with Gasteiger partial charge in [-0.05, 0) is 54.1 Å². The van der Waals surface area contributed by atoms with Gasteiger partial charge in [0.25, 0.3) is 0 Å². The predicted molar refractivity (Wildman–Crippen MR) is 95.6 cm³/mol. The zero-order valence-electron chi connectivity index (χ0n) is 12.4. The highest BCUT2D eigenvalue weighted by Gasteiger charge is 2.13. The quantitative estimate of drug-likeness (QED) is 0.610. The molecule has 0 saturated carbocycles. The zero-order chi connectivity index (χ0) is 16.2. The Hall–Kier alpha value is -2.30. The number of nitrogens with zero attached hydrogens (tertiary/aromatic N) is 1. The predicted octanol–water partition coefficient (Wildman–Crippen LogP) is 5.70. The van der Waals surface area contributed by atoms with Crippen LogP contribution in [0.2, 0.25) is 4.34 Å². The van der Waals surface area contributed by atoms with Crippen molar-refractivity contribution in [1.29, 1.82) is 0 Å². The third-order valence-electron chi connectivity index (χ3n) is 3.33. The van der Waals surface area contributed by atoms with Crippen molar-refractivity contribution in [2.45, 2.75) is 0 Å². The van der Waals surface area contributed by atoms with Crippen LogP contribution in [0.25, 0.3) is 10.4 Å². The third-order valence-corrected chi connectivity index (χ3v) is 4.61. The molecule has 116 valence electrons. The third kappa shape index (κ3) is 3.73. The highest BCUT2D eigenvalue weighted by atomic mass is 35.5. The Labute approximate surface area is 143 Å². The van der Waals surface area contributed by atoms with Crippen molar-refractivity contribution < 1.29 is 9.53 Å². The Morgan fingerprint density at radius 1 is 1.00 bits per heavy atom. The van der Waals surface area contributed by atoms with E-state index in [9.17, 15) is 4.79 Å². The average Bonchev–Trinajstić information content (AvgIpc) is 3.02. The summed E-state index contributed by atoms with van der Waals surface area (Å²) in [4.78, 5) is 14.7. The summed E-state index contributed by atoms with van der Waals surface area (Å²) in [5, 5.41) is 0. The molecule has 1 heterocycles. The second-order valence-corrected chi connectivity index (χ2v) is 6.61. The van der Waals surface area contributed by atoms with Gasteiger partial charge in [0.1, 0.15) is 5.75 Å². The summed E-state index contributed by atoms with van der Waals surface area (Å²) in [6.45, 7) is 0. The summed E-state index contributed by atoms with van der Waals surface area (Å²) < 4.78 is 6.14. The minimum Gasteiger partial charge on any atom is -0.410 e. The Balaban J connectivity index is 1.69. The molecular weight excluding hydrogens is 330 g/mol. The van der Waals surface area contributed by atoms with Gasteiger partial charge in [0.05, 0.1) is 4.34 Å². The van der Waals surface area contributed by atoms with Gasteiger partial charge < -0.3 is 4.74 Å². The van der Waals surface area contributed by atoms with Gasteiger partial charge in [0, 0.05) is 17.6 Å². The van der Waals surface area contributed by atoms with Gasteiger partial charge >= 0.3 is 6.09 Å². The molecule has 0 spiro atoms. The van der Waals surface area contributed by atoms with Crippen molar-refractivity contribution >= 4 is 34.7 Å². The first-order valence-corrected chi connectivity index (χ1v) is 8.19. The molecule has 3 nitrogen and oxygen atoms in total. The molecule has 0 aliphatic carbocycles. The molecule has 0 fully saturated rings. The summed E-state index contributed by atoms with van der Waals surface area (Å²) in [6.07, 6.45) is -0.428. The molecule has 3 aromatic rings. The Morgan fingerprint density at radius 2 is 1.70 bits per heavy atom. The molecule has 0 aliphatic heterocycles. The Bertz CT molecular complexity index is 799. The molecular formula is C18H14ClNO2S. The monoisotopic (exact) mass is 343 g/mol. The minimum atomic E-state index is -0.428. The van der Waals surface area contributed by atoms with Crippen LogP contribution in [0.1, 0.15) is 0 Å². The van der Waals surface area contributed by atoms with E-state index < -0.39 is 6.09 Å². The number of anilines is 1. The first-order valence-electron chi connectivity index (χ1n) is 7.00. The second kappa shape index (κ2) is 6.86. The number of amides is 1. The van der Waals surface area contributed by atoms with E-state index >= 15 is 0 Å². The fourth-order valence-electron chi connectivity index (χ4n) is 2.08. The maximum atomic E-state index is 12.2. The van der Waals surface area contributed by atoms with E-state index in [2.05, 4.69) is 0 Å². The van der Waals surface area contributed by atoms with Crippen LogP contribution in [0.3, 0.4) is 0 Å². The molecule has 0 N–H and O–H groups in total. The van der Waals surface area contributed by atoms with Crippen LogP contribution < -0.4 is 9.64 Å². The van der Waals surface area contributed by atoms with Gasteiger partial charge in [0.2, 0.25) is 0 Å². The smallest absolute Gasteiger partial charge is 0.410 e. The van der Waals surface area contributed by atoms with Crippen LogP contribution in [-0.2, 0) is 0 Å². The van der Waals surface area contributed by atoms with E-state index in [0.29, 0.717) is 5.75 Å². The molecule has 1 aromatic heterocycles. The molecule has 3 rings (SSSR count). The molecule has 0 unspecified atom stereocenters. The van der Waals surface area contributed by atoms with E-state index in [1.807, 2.05) is 54.6 Å². The molecule has 0 radical (unpaired) electrons. The molecule has 0 aliphatic rings. The molecule has 5 heteroatoms. The number of para-hydroxylation sites is 1. The number of hydrogen-bond donors (Lipinski definition) is 0. The SMILES string of the molecule is CN(C(=O)Oc1ccc(-c2ccc(Cl)s2)cc1)c1ccccc1. The van der Waals surface area contributed by atoms with Gasteiger partial charge in [-0.1, -0.05) is 29.8 Å². The number of thiophene rings is 1. The highest BCUT2D eigenvalue weighted by Crippen LogP contribution is 2.31. The number of carbonyl (C=O) groups excluding carboxylic acids is 1. The lowest BCUT2D eigenvalue weighted by molar-refractivity contribution is 0.209. The van der Waals surface area contributed by atoms with Crippen LogP contribution in [0.5, 0.6) is 5.75 Å². The van der Waals surface area contributed by atoms with Crippen LogP contribution in [0.15, 0.2) is 66.7 Å². The standard InChI is InChI=1S/C18H14ClNO2S/c1-20(14-5-3-2-4-6-14)18(21)22-15-9-7-13(8-10-15)16-11-12-17(19)23-16/h2-12H,1H3. The van der Waals surface area contributed by atoms with Crippen molar-refractivity contribution in [3.05, 3.63) is 71.1 Å². The number of ether oxygens (including phenoxy) is 1. The van der Waals surface area contributed by atoms with E-state index in [-0.39, 0.29) is 0 Å². The van der Waals surface area contributed by atoms with Gasteiger partial charge in [0.15, 0.2) is 0 Å². The largest absolute Gasteiger partial charge is 0.419 e. The van der Waals surface area contributed by atoms with Crippen molar-refractivity contribution in [3.8, 4) is 16.2 Å². The number of halogens is 1. The summed E-state index contributed by atoms with van der Waals surface area (Å²) in [5.74, 6) is 0.504. The fourth-order valence-corrected chi connectivity index (χ4v) is 3.13. The number of benzene rings is 2. The molecule has 1 amide bonds. The molecule has 23 heavy (non-hydrogen) atoms. The molecule has 0 bridgehead atoms.